The average molecular weight is 331 g/mol. The Kier molecular flexibility index (Phi) is 3.82. The molecule has 4 aromatic rings. The molecule has 25 heavy (non-hydrogen) atoms. The average Bonchev–Trinajstić information content (AvgIpc) is 3.06. The van der Waals surface area contributed by atoms with Crippen LogP contribution in [0.2, 0.25) is 0 Å². The lowest BCUT2D eigenvalue weighted by Gasteiger charge is -2.12. The molecule has 1 aromatic heterocycles. The Morgan fingerprint density at radius 3 is 2.64 bits per heavy atom. The van der Waals surface area contributed by atoms with Crippen molar-refractivity contribution in [2.75, 3.05) is 5.32 Å². The molecule has 124 valence electrons. The van der Waals surface area contributed by atoms with E-state index in [4.69, 9.17) is 4.74 Å². The Bertz CT molecular complexity index is 1020. The Hall–Kier alpha value is -3.34. The predicted octanol–water partition coefficient (Wildman–Crippen LogP) is 5.03. The van der Waals surface area contributed by atoms with Crippen molar-refractivity contribution in [1.29, 1.82) is 0 Å². The fourth-order valence-corrected chi connectivity index (χ4v) is 2.80. The van der Waals surface area contributed by atoms with Gasteiger partial charge in [-0.2, -0.15) is 0 Å². The summed E-state index contributed by atoms with van der Waals surface area (Å²) in [5, 5.41) is 4.95. The van der Waals surface area contributed by atoms with Gasteiger partial charge in [0, 0.05) is 5.69 Å². The maximum atomic E-state index is 12.2. The Morgan fingerprint density at radius 1 is 1.04 bits per heavy atom. The molecular formula is C20H17N3O2. The van der Waals surface area contributed by atoms with Gasteiger partial charge in [-0.3, -0.25) is 5.32 Å². The van der Waals surface area contributed by atoms with Gasteiger partial charge in [0.2, 0.25) is 0 Å². The van der Waals surface area contributed by atoms with Crippen molar-refractivity contribution < 1.29 is 9.53 Å². The number of nitrogens with one attached hydrogen (secondary N) is 2. The molecule has 0 saturated heterocycles. The number of rotatable bonds is 3. The first-order chi connectivity index (χ1) is 12.2. The monoisotopic (exact) mass is 331 g/mol. The van der Waals surface area contributed by atoms with Crippen LogP contribution in [-0.2, 0) is 4.74 Å². The third-order valence-electron chi connectivity index (χ3n) is 4.07. The minimum atomic E-state index is -0.511. The van der Waals surface area contributed by atoms with Crippen LogP contribution >= 0.6 is 0 Å². The summed E-state index contributed by atoms with van der Waals surface area (Å²) in [5.41, 5.74) is 2.46. The molecule has 0 fully saturated rings. The smallest absolute Gasteiger partial charge is 0.412 e. The normalized spacial score (nSPS) is 12.2. The summed E-state index contributed by atoms with van der Waals surface area (Å²) in [6.07, 6.45) is -0.990. The second-order valence-corrected chi connectivity index (χ2v) is 5.87. The number of aromatic amines is 1. The van der Waals surface area contributed by atoms with Crippen molar-refractivity contribution >= 4 is 33.6 Å². The minimum Gasteiger partial charge on any atom is -0.438 e. The first kappa shape index (κ1) is 15.2. The van der Waals surface area contributed by atoms with E-state index in [1.807, 2.05) is 66.7 Å². The maximum absolute atomic E-state index is 12.2. The molecule has 2 N–H and O–H groups in total. The third kappa shape index (κ3) is 3.17. The van der Waals surface area contributed by atoms with Gasteiger partial charge in [0.15, 0.2) is 6.10 Å². The lowest BCUT2D eigenvalue weighted by Crippen LogP contribution is -2.16. The molecule has 5 heteroatoms. The van der Waals surface area contributed by atoms with Gasteiger partial charge >= 0.3 is 6.09 Å². The zero-order valence-electron chi connectivity index (χ0n) is 13.7. The van der Waals surface area contributed by atoms with Crippen LogP contribution in [0.25, 0.3) is 21.8 Å². The molecule has 0 radical (unpaired) electrons. The molecule has 1 unspecified atom stereocenters. The van der Waals surface area contributed by atoms with Gasteiger partial charge in [-0.25, -0.2) is 9.78 Å². The molecule has 0 bridgehead atoms. The Morgan fingerprint density at radius 2 is 1.80 bits per heavy atom. The molecule has 0 aliphatic rings. The fourth-order valence-electron chi connectivity index (χ4n) is 2.80. The summed E-state index contributed by atoms with van der Waals surface area (Å²) in [4.78, 5) is 19.8. The number of carbonyl (C=O) groups excluding carboxylic acids is 1. The van der Waals surface area contributed by atoms with Gasteiger partial charge in [0.1, 0.15) is 5.82 Å². The second-order valence-electron chi connectivity index (χ2n) is 5.87. The highest BCUT2D eigenvalue weighted by Crippen LogP contribution is 2.21. The maximum Gasteiger partial charge on any atom is 0.412 e. The number of carbonyl (C=O) groups is 1. The van der Waals surface area contributed by atoms with Crippen molar-refractivity contribution in [1.82, 2.24) is 9.97 Å². The van der Waals surface area contributed by atoms with E-state index in [0.29, 0.717) is 11.5 Å². The summed E-state index contributed by atoms with van der Waals surface area (Å²) in [6.45, 7) is 1.79. The summed E-state index contributed by atoms with van der Waals surface area (Å²) < 4.78 is 5.44. The number of anilines is 1. The van der Waals surface area contributed by atoms with E-state index in [0.717, 1.165) is 21.8 Å². The number of fused-ring (bicyclic) bond motifs is 2. The van der Waals surface area contributed by atoms with Gasteiger partial charge in [-0.15, -0.1) is 0 Å². The molecule has 0 spiro atoms. The van der Waals surface area contributed by atoms with E-state index in [1.54, 1.807) is 6.92 Å². The van der Waals surface area contributed by atoms with Crippen molar-refractivity contribution in [2.45, 2.75) is 13.0 Å². The van der Waals surface area contributed by atoms with Crippen LogP contribution in [0, 0.1) is 0 Å². The summed E-state index contributed by atoms with van der Waals surface area (Å²) in [7, 11) is 0. The highest BCUT2D eigenvalue weighted by atomic mass is 16.6. The molecule has 0 aliphatic heterocycles. The van der Waals surface area contributed by atoms with E-state index in [9.17, 15) is 4.79 Å². The lowest BCUT2D eigenvalue weighted by atomic mass is 10.1. The van der Waals surface area contributed by atoms with E-state index in [-0.39, 0.29) is 0 Å². The Balaban J connectivity index is 1.46. The first-order valence-electron chi connectivity index (χ1n) is 8.10. The number of imidazole rings is 1. The van der Waals surface area contributed by atoms with Gasteiger partial charge in [-0.05, 0) is 42.0 Å². The second kappa shape index (κ2) is 6.28. The van der Waals surface area contributed by atoms with Crippen LogP contribution in [0.1, 0.15) is 18.9 Å². The molecule has 1 amide bonds. The van der Waals surface area contributed by atoms with E-state index in [2.05, 4.69) is 15.3 Å². The number of aromatic nitrogens is 2. The summed E-state index contributed by atoms with van der Waals surface area (Å²) in [6, 6.07) is 21.4. The van der Waals surface area contributed by atoms with Crippen LogP contribution < -0.4 is 5.32 Å². The van der Waals surface area contributed by atoms with Crippen molar-refractivity contribution in [3.63, 3.8) is 0 Å². The van der Waals surface area contributed by atoms with Crippen molar-refractivity contribution in [2.24, 2.45) is 0 Å². The molecule has 0 aliphatic carbocycles. The molecule has 0 saturated carbocycles. The highest BCUT2D eigenvalue weighted by molar-refractivity contribution is 5.91. The van der Waals surface area contributed by atoms with Crippen molar-refractivity contribution in [3.05, 3.63) is 72.6 Å². The molecular weight excluding hydrogens is 314 g/mol. The fraction of sp³-hybridized carbons (Fsp3) is 0.100. The zero-order chi connectivity index (χ0) is 17.2. The number of benzene rings is 3. The van der Waals surface area contributed by atoms with Gasteiger partial charge in [-0.1, -0.05) is 42.5 Å². The van der Waals surface area contributed by atoms with Crippen LogP contribution in [0.15, 0.2) is 66.7 Å². The van der Waals surface area contributed by atoms with E-state index in [1.165, 1.54) is 0 Å². The van der Waals surface area contributed by atoms with Gasteiger partial charge in [0.25, 0.3) is 0 Å². The van der Waals surface area contributed by atoms with E-state index < -0.39 is 12.2 Å². The SMILES string of the molecule is CC(OC(=O)Nc1ccc2ccccc2c1)c1nc2ccccc2[nH]1. The topological polar surface area (TPSA) is 67.0 Å². The summed E-state index contributed by atoms with van der Waals surface area (Å²) in [5.74, 6) is 0.620. The Labute approximate surface area is 144 Å². The van der Waals surface area contributed by atoms with Crippen molar-refractivity contribution in [3.8, 4) is 0 Å². The predicted molar refractivity (Wildman–Crippen MR) is 98.6 cm³/mol. The minimum absolute atomic E-state index is 0.479. The largest absolute Gasteiger partial charge is 0.438 e. The van der Waals surface area contributed by atoms with Crippen LogP contribution in [0.3, 0.4) is 0 Å². The number of para-hydroxylation sites is 2. The van der Waals surface area contributed by atoms with Gasteiger partial charge < -0.3 is 9.72 Å². The number of hydrogen-bond donors (Lipinski definition) is 2. The number of H-pyrrole nitrogens is 1. The molecule has 1 atom stereocenters. The van der Waals surface area contributed by atoms with Gasteiger partial charge in [0.05, 0.1) is 11.0 Å². The third-order valence-corrected chi connectivity index (χ3v) is 4.07. The van der Waals surface area contributed by atoms with Crippen LogP contribution in [-0.4, -0.2) is 16.1 Å². The quantitative estimate of drug-likeness (QED) is 0.553. The van der Waals surface area contributed by atoms with Crippen LogP contribution in [0.4, 0.5) is 10.5 Å². The number of ether oxygens (including phenoxy) is 1. The van der Waals surface area contributed by atoms with Crippen LogP contribution in [0.5, 0.6) is 0 Å². The molecule has 3 aromatic carbocycles. The number of hydrogen-bond acceptors (Lipinski definition) is 3. The molecule has 5 nitrogen and oxygen atoms in total. The highest BCUT2D eigenvalue weighted by Gasteiger charge is 2.15. The summed E-state index contributed by atoms with van der Waals surface area (Å²) >= 11 is 0. The molecule has 1 heterocycles. The molecule has 4 rings (SSSR count). The number of amides is 1. The zero-order valence-corrected chi connectivity index (χ0v) is 13.7. The standard InChI is InChI=1S/C20H17N3O2/c1-13(19-22-17-8-4-5-9-18(17)23-19)25-20(24)21-16-11-10-14-6-2-3-7-15(14)12-16/h2-13H,1H3,(H,21,24)(H,22,23). The lowest BCUT2D eigenvalue weighted by molar-refractivity contribution is 0.117. The number of nitrogens with zero attached hydrogens (tertiary/aromatic N) is 1. The van der Waals surface area contributed by atoms with E-state index >= 15 is 0 Å². The first-order valence-corrected chi connectivity index (χ1v) is 8.10.